The Hall–Kier alpha value is -1.06. The van der Waals surface area contributed by atoms with Crippen LogP contribution >= 0.6 is 0 Å². The maximum absolute atomic E-state index is 3.59. The molecular weight excluding hydrogens is 258 g/mol. The van der Waals surface area contributed by atoms with Gasteiger partial charge >= 0.3 is 0 Å². The summed E-state index contributed by atoms with van der Waals surface area (Å²) >= 11 is 0. The molecule has 0 amide bonds. The second-order valence-electron chi connectivity index (χ2n) is 6.95. The molecule has 2 heterocycles. The molecule has 0 spiro atoms. The van der Waals surface area contributed by atoms with Crippen LogP contribution in [0.1, 0.15) is 37.7 Å². The molecule has 3 aliphatic rings. The lowest BCUT2D eigenvalue weighted by molar-refractivity contribution is 0.260. The summed E-state index contributed by atoms with van der Waals surface area (Å²) in [5.41, 5.74) is 2.83. The number of nitrogens with one attached hydrogen (secondary N) is 1. The number of nitrogens with zero attached hydrogens (tertiary/aromatic N) is 2. The van der Waals surface area contributed by atoms with E-state index < -0.39 is 0 Å². The molecule has 0 radical (unpaired) electrons. The summed E-state index contributed by atoms with van der Waals surface area (Å²) in [5, 5.41) is 3.59. The van der Waals surface area contributed by atoms with Gasteiger partial charge in [-0.3, -0.25) is 4.90 Å². The largest absolute Gasteiger partial charge is 0.370 e. The highest BCUT2D eigenvalue weighted by Gasteiger charge is 2.29. The monoisotopic (exact) mass is 285 g/mol. The topological polar surface area (TPSA) is 18.5 Å². The minimum atomic E-state index is 0.795. The van der Waals surface area contributed by atoms with E-state index >= 15 is 0 Å². The zero-order valence-corrected chi connectivity index (χ0v) is 12.9. The summed E-state index contributed by atoms with van der Waals surface area (Å²) in [6, 6.07) is 10.8. The molecule has 1 aromatic carbocycles. The van der Waals surface area contributed by atoms with Crippen molar-refractivity contribution in [2.24, 2.45) is 0 Å². The van der Waals surface area contributed by atoms with Crippen LogP contribution in [-0.2, 0) is 6.54 Å². The van der Waals surface area contributed by atoms with Crippen molar-refractivity contribution in [2.75, 3.05) is 31.1 Å². The third-order valence-electron chi connectivity index (χ3n) is 5.29. The average molecular weight is 285 g/mol. The van der Waals surface area contributed by atoms with Crippen LogP contribution in [0.2, 0.25) is 0 Å². The van der Waals surface area contributed by atoms with Crippen LogP contribution in [0.4, 0.5) is 5.69 Å². The van der Waals surface area contributed by atoms with E-state index in [2.05, 4.69) is 39.4 Å². The zero-order valence-electron chi connectivity index (χ0n) is 12.9. The molecule has 21 heavy (non-hydrogen) atoms. The number of hydrogen-bond donors (Lipinski definition) is 1. The predicted octanol–water partition coefficient (Wildman–Crippen LogP) is 2.61. The van der Waals surface area contributed by atoms with Gasteiger partial charge in [0.25, 0.3) is 0 Å². The van der Waals surface area contributed by atoms with Crippen LogP contribution in [0.5, 0.6) is 0 Å². The van der Waals surface area contributed by atoms with Gasteiger partial charge in [0.1, 0.15) is 0 Å². The van der Waals surface area contributed by atoms with Crippen molar-refractivity contribution < 1.29 is 0 Å². The number of benzene rings is 1. The molecule has 3 nitrogen and oxygen atoms in total. The average Bonchev–Trinajstić information content (AvgIpc) is 3.01. The van der Waals surface area contributed by atoms with Crippen LogP contribution in [0.25, 0.3) is 0 Å². The van der Waals surface area contributed by atoms with Crippen LogP contribution in [0.3, 0.4) is 0 Å². The smallest absolute Gasteiger partial charge is 0.0366 e. The molecule has 4 rings (SSSR count). The molecular formula is C18H27N3. The first-order chi connectivity index (χ1) is 10.4. The minimum absolute atomic E-state index is 0.795. The van der Waals surface area contributed by atoms with Gasteiger partial charge in [-0.15, -0.1) is 0 Å². The summed E-state index contributed by atoms with van der Waals surface area (Å²) in [6.45, 7) is 6.12. The van der Waals surface area contributed by atoms with Gasteiger partial charge in [0.2, 0.25) is 0 Å². The minimum Gasteiger partial charge on any atom is -0.370 e. The van der Waals surface area contributed by atoms with E-state index in [0.29, 0.717) is 0 Å². The Balaban J connectivity index is 1.33. The summed E-state index contributed by atoms with van der Waals surface area (Å²) in [7, 11) is 0. The second kappa shape index (κ2) is 5.98. The highest BCUT2D eigenvalue weighted by molar-refractivity contribution is 5.48. The maximum atomic E-state index is 3.59. The van der Waals surface area contributed by atoms with Gasteiger partial charge in [-0.05, 0) is 62.9 Å². The zero-order chi connectivity index (χ0) is 14.1. The molecule has 0 aromatic heterocycles. The molecule has 114 valence electrons. The van der Waals surface area contributed by atoms with E-state index in [1.54, 1.807) is 0 Å². The molecule has 1 N–H and O–H groups in total. The van der Waals surface area contributed by atoms with Gasteiger partial charge in [0.05, 0.1) is 0 Å². The Bertz CT molecular complexity index is 460. The fraction of sp³-hybridized carbons (Fsp3) is 0.667. The van der Waals surface area contributed by atoms with E-state index in [1.807, 2.05) is 0 Å². The molecule has 1 saturated carbocycles. The van der Waals surface area contributed by atoms with Crippen molar-refractivity contribution in [3.05, 3.63) is 29.8 Å². The van der Waals surface area contributed by atoms with Crippen molar-refractivity contribution in [3.63, 3.8) is 0 Å². The third-order valence-corrected chi connectivity index (χ3v) is 5.29. The molecule has 1 unspecified atom stereocenters. The lowest BCUT2D eigenvalue weighted by atomic mass is 10.2. The third kappa shape index (κ3) is 3.24. The van der Waals surface area contributed by atoms with E-state index in [0.717, 1.165) is 18.6 Å². The summed E-state index contributed by atoms with van der Waals surface area (Å²) in [6.07, 6.45) is 6.87. The number of hydrogen-bond acceptors (Lipinski definition) is 3. The van der Waals surface area contributed by atoms with Crippen LogP contribution in [0, 0.1) is 0 Å². The van der Waals surface area contributed by atoms with Crippen molar-refractivity contribution >= 4 is 5.69 Å². The molecule has 1 atom stereocenters. The quantitative estimate of drug-likeness (QED) is 0.897. The molecule has 3 heteroatoms. The van der Waals surface area contributed by atoms with Gasteiger partial charge in [0.15, 0.2) is 0 Å². The van der Waals surface area contributed by atoms with Crippen LogP contribution in [0.15, 0.2) is 24.3 Å². The van der Waals surface area contributed by atoms with Gasteiger partial charge in [-0.1, -0.05) is 12.1 Å². The first kappa shape index (κ1) is 13.6. The maximum Gasteiger partial charge on any atom is 0.0366 e. The molecule has 2 saturated heterocycles. The first-order valence-electron chi connectivity index (χ1n) is 8.70. The van der Waals surface area contributed by atoms with Crippen LogP contribution in [-0.4, -0.2) is 43.2 Å². The van der Waals surface area contributed by atoms with Crippen molar-refractivity contribution in [1.82, 2.24) is 10.2 Å². The van der Waals surface area contributed by atoms with Crippen LogP contribution < -0.4 is 10.2 Å². The van der Waals surface area contributed by atoms with Gasteiger partial charge in [-0.2, -0.15) is 0 Å². The standard InChI is InChI=1S/C18H27N3/c1-2-11-20(10-1)18-9-12-21(14-18)17-7-3-15(4-8-17)13-19-16-5-6-16/h3-4,7-8,16,18-19H,1-2,5-6,9-14H2. The van der Waals surface area contributed by atoms with Gasteiger partial charge in [0, 0.05) is 37.4 Å². The van der Waals surface area contributed by atoms with Gasteiger partial charge in [-0.25, -0.2) is 0 Å². The highest BCUT2D eigenvalue weighted by Crippen LogP contribution is 2.26. The van der Waals surface area contributed by atoms with Crippen molar-refractivity contribution in [1.29, 1.82) is 0 Å². The summed E-state index contributed by atoms with van der Waals surface area (Å²) in [4.78, 5) is 5.27. The van der Waals surface area contributed by atoms with Gasteiger partial charge < -0.3 is 10.2 Å². The fourth-order valence-corrected chi connectivity index (χ4v) is 3.76. The fourth-order valence-electron chi connectivity index (χ4n) is 3.76. The highest BCUT2D eigenvalue weighted by atomic mass is 15.3. The number of anilines is 1. The molecule has 1 aromatic rings. The molecule has 0 bridgehead atoms. The van der Waals surface area contributed by atoms with E-state index in [4.69, 9.17) is 0 Å². The second-order valence-corrected chi connectivity index (χ2v) is 6.95. The van der Waals surface area contributed by atoms with E-state index in [-0.39, 0.29) is 0 Å². The molecule has 3 fully saturated rings. The lowest BCUT2D eigenvalue weighted by Crippen LogP contribution is -2.35. The van der Waals surface area contributed by atoms with E-state index in [9.17, 15) is 0 Å². The Morgan fingerprint density at radius 3 is 2.43 bits per heavy atom. The Morgan fingerprint density at radius 2 is 1.71 bits per heavy atom. The number of rotatable bonds is 5. The van der Waals surface area contributed by atoms with Crippen molar-refractivity contribution in [2.45, 2.75) is 50.7 Å². The Kier molecular flexibility index (Phi) is 3.87. The summed E-state index contributed by atoms with van der Waals surface area (Å²) < 4.78 is 0. The van der Waals surface area contributed by atoms with Crippen molar-refractivity contribution in [3.8, 4) is 0 Å². The normalized spacial score (nSPS) is 26.7. The predicted molar refractivity (Wildman–Crippen MR) is 87.7 cm³/mol. The molecule has 2 aliphatic heterocycles. The Morgan fingerprint density at radius 1 is 0.952 bits per heavy atom. The first-order valence-corrected chi connectivity index (χ1v) is 8.70. The van der Waals surface area contributed by atoms with E-state index in [1.165, 1.54) is 69.5 Å². The Labute approximate surface area is 128 Å². The lowest BCUT2D eigenvalue weighted by Gasteiger charge is -2.24. The summed E-state index contributed by atoms with van der Waals surface area (Å²) in [5.74, 6) is 0. The molecule has 1 aliphatic carbocycles. The number of likely N-dealkylation sites (tertiary alicyclic amines) is 1. The SMILES string of the molecule is c1cc(N2CCC(N3CCCC3)C2)ccc1CNC1CC1.